The molecule has 0 amide bonds. The van der Waals surface area contributed by atoms with E-state index in [1.165, 1.54) is 42.4 Å². The Kier molecular flexibility index (Phi) is 6.65. The van der Waals surface area contributed by atoms with Gasteiger partial charge in [-0.1, -0.05) is 103 Å². The Morgan fingerprint density at radius 2 is 0.915 bits per heavy atom. The Morgan fingerprint density at radius 3 is 1.49 bits per heavy atom. The predicted molar refractivity (Wildman–Crippen MR) is 198 cm³/mol. The molecule has 222 valence electrons. The van der Waals surface area contributed by atoms with E-state index in [4.69, 9.17) is 9.40 Å². The van der Waals surface area contributed by atoms with Crippen LogP contribution >= 0.6 is 11.3 Å². The van der Waals surface area contributed by atoms with Gasteiger partial charge in [-0.2, -0.15) is 0 Å². The lowest BCUT2D eigenvalue weighted by Gasteiger charge is -2.26. The summed E-state index contributed by atoms with van der Waals surface area (Å²) >= 11 is 1.79. The van der Waals surface area contributed by atoms with Gasteiger partial charge < -0.3 is 9.32 Å². The maximum atomic E-state index is 6.34. The van der Waals surface area contributed by atoms with Gasteiger partial charge >= 0.3 is 0 Å². The number of thiophene rings is 1. The summed E-state index contributed by atoms with van der Waals surface area (Å²) in [6.45, 7) is 0. The second-order valence-electron chi connectivity index (χ2n) is 11.6. The third-order valence-electron chi connectivity index (χ3n) is 8.72. The Morgan fingerprint density at radius 1 is 0.426 bits per heavy atom. The molecule has 0 bridgehead atoms. The van der Waals surface area contributed by atoms with Crippen LogP contribution in [-0.4, -0.2) is 4.98 Å². The zero-order chi connectivity index (χ0) is 31.2. The van der Waals surface area contributed by atoms with Crippen molar-refractivity contribution in [2.75, 3.05) is 4.90 Å². The normalized spacial score (nSPS) is 11.4. The van der Waals surface area contributed by atoms with E-state index < -0.39 is 0 Å². The smallest absolute Gasteiger partial charge is 0.227 e. The first-order valence-corrected chi connectivity index (χ1v) is 16.5. The molecule has 2 aromatic heterocycles. The van der Waals surface area contributed by atoms with E-state index in [0.29, 0.717) is 5.89 Å². The molecule has 0 aliphatic carbocycles. The van der Waals surface area contributed by atoms with Gasteiger partial charge in [-0.15, -0.1) is 11.3 Å². The van der Waals surface area contributed by atoms with Gasteiger partial charge in [0.05, 0.1) is 0 Å². The van der Waals surface area contributed by atoms with Crippen molar-refractivity contribution in [3.63, 3.8) is 0 Å². The van der Waals surface area contributed by atoms with Crippen LogP contribution in [0.3, 0.4) is 0 Å². The largest absolute Gasteiger partial charge is 0.436 e. The second kappa shape index (κ2) is 11.4. The molecule has 0 atom stereocenters. The van der Waals surface area contributed by atoms with Crippen LogP contribution in [0.15, 0.2) is 174 Å². The summed E-state index contributed by atoms with van der Waals surface area (Å²) in [4.78, 5) is 7.19. The fourth-order valence-electron chi connectivity index (χ4n) is 6.34. The van der Waals surface area contributed by atoms with E-state index in [1.807, 2.05) is 12.1 Å². The highest BCUT2D eigenvalue weighted by atomic mass is 32.1. The van der Waals surface area contributed by atoms with E-state index in [-0.39, 0.29) is 0 Å². The van der Waals surface area contributed by atoms with Crippen molar-refractivity contribution >= 4 is 59.7 Å². The highest BCUT2D eigenvalue weighted by molar-refractivity contribution is 7.25. The average Bonchev–Trinajstić information content (AvgIpc) is 3.73. The van der Waals surface area contributed by atoms with Crippen molar-refractivity contribution in [1.29, 1.82) is 0 Å². The number of hydrogen-bond acceptors (Lipinski definition) is 4. The third kappa shape index (κ3) is 5.05. The number of anilines is 3. The van der Waals surface area contributed by atoms with Crippen LogP contribution in [0.5, 0.6) is 0 Å². The molecule has 47 heavy (non-hydrogen) atoms. The topological polar surface area (TPSA) is 29.3 Å². The van der Waals surface area contributed by atoms with Crippen LogP contribution in [0.25, 0.3) is 65.0 Å². The first-order chi connectivity index (χ1) is 23.3. The molecule has 7 aromatic carbocycles. The first-order valence-electron chi connectivity index (χ1n) is 15.7. The standard InChI is InChI=1S/C43H28N2OS/c1-3-9-29(10-4-1)31-15-21-34(22-16-31)45(35-23-17-32(18-24-35)30-11-5-2-6-12-30)36-25-19-33(20-26-36)43-44-39-28-42-38(27-40(39)46-43)37-13-7-8-14-41(37)47-42/h1-28H. The maximum absolute atomic E-state index is 6.34. The van der Waals surface area contributed by atoms with Gasteiger partial charge in [0.15, 0.2) is 5.58 Å². The van der Waals surface area contributed by atoms with Gasteiger partial charge in [-0.3, -0.25) is 0 Å². The predicted octanol–water partition coefficient (Wildman–Crippen LogP) is 12.7. The molecule has 9 aromatic rings. The van der Waals surface area contributed by atoms with Crippen molar-refractivity contribution in [2.24, 2.45) is 0 Å². The minimum Gasteiger partial charge on any atom is -0.436 e. The average molecular weight is 621 g/mol. The van der Waals surface area contributed by atoms with Crippen LogP contribution in [0.2, 0.25) is 0 Å². The van der Waals surface area contributed by atoms with Crippen molar-refractivity contribution in [3.8, 4) is 33.7 Å². The van der Waals surface area contributed by atoms with E-state index in [1.54, 1.807) is 11.3 Å². The van der Waals surface area contributed by atoms with E-state index >= 15 is 0 Å². The van der Waals surface area contributed by atoms with Gasteiger partial charge in [0.25, 0.3) is 0 Å². The Balaban J connectivity index is 1.08. The summed E-state index contributed by atoms with van der Waals surface area (Å²) < 4.78 is 8.84. The third-order valence-corrected chi connectivity index (χ3v) is 9.86. The Labute approximate surface area is 276 Å². The molecule has 0 unspecified atom stereocenters. The maximum Gasteiger partial charge on any atom is 0.227 e. The molecule has 0 spiro atoms. The summed E-state index contributed by atoms with van der Waals surface area (Å²) in [6, 6.07) is 59.8. The lowest BCUT2D eigenvalue weighted by molar-refractivity contribution is 0.620. The number of fused-ring (bicyclic) bond motifs is 4. The number of benzene rings is 7. The Bertz CT molecular complexity index is 2400. The molecule has 9 rings (SSSR count). The highest BCUT2D eigenvalue weighted by Crippen LogP contribution is 2.39. The molecule has 2 heterocycles. The molecule has 0 aliphatic rings. The lowest BCUT2D eigenvalue weighted by atomic mass is 10.0. The molecule has 4 heteroatoms. The lowest BCUT2D eigenvalue weighted by Crippen LogP contribution is -2.09. The van der Waals surface area contributed by atoms with Crippen LogP contribution in [0, 0.1) is 0 Å². The minimum atomic E-state index is 0.625. The van der Waals surface area contributed by atoms with Crippen molar-refractivity contribution < 1.29 is 4.42 Å². The number of hydrogen-bond donors (Lipinski definition) is 0. The fraction of sp³-hybridized carbons (Fsp3) is 0. The summed E-state index contributed by atoms with van der Waals surface area (Å²) in [5, 5.41) is 2.47. The summed E-state index contributed by atoms with van der Waals surface area (Å²) in [5.41, 5.74) is 10.6. The quantitative estimate of drug-likeness (QED) is 0.185. The highest BCUT2D eigenvalue weighted by Gasteiger charge is 2.16. The molecule has 3 nitrogen and oxygen atoms in total. The van der Waals surface area contributed by atoms with E-state index in [2.05, 4.69) is 163 Å². The first kappa shape index (κ1) is 27.3. The van der Waals surface area contributed by atoms with Crippen molar-refractivity contribution in [2.45, 2.75) is 0 Å². The minimum absolute atomic E-state index is 0.625. The molecule has 0 saturated carbocycles. The van der Waals surface area contributed by atoms with Gasteiger partial charge in [0.1, 0.15) is 5.52 Å². The molecule has 0 saturated heterocycles. The SMILES string of the molecule is c1ccc(-c2ccc(N(c3ccc(-c4ccccc4)cc3)c3ccc(-c4nc5cc6sc7ccccc7c6cc5o4)cc3)cc2)cc1. The number of rotatable bonds is 6. The van der Waals surface area contributed by atoms with Crippen LogP contribution in [0.1, 0.15) is 0 Å². The van der Waals surface area contributed by atoms with Crippen molar-refractivity contribution in [3.05, 3.63) is 170 Å². The second-order valence-corrected chi connectivity index (χ2v) is 12.7. The van der Waals surface area contributed by atoms with E-state index in [9.17, 15) is 0 Å². The summed E-state index contributed by atoms with van der Waals surface area (Å²) in [6.07, 6.45) is 0. The van der Waals surface area contributed by atoms with Crippen molar-refractivity contribution in [1.82, 2.24) is 4.98 Å². The molecular formula is C43H28N2OS. The fourth-order valence-corrected chi connectivity index (χ4v) is 7.46. The zero-order valence-corrected chi connectivity index (χ0v) is 26.2. The van der Waals surface area contributed by atoms with Gasteiger partial charge in [-0.25, -0.2) is 4.98 Å². The molecule has 0 N–H and O–H groups in total. The molecule has 0 radical (unpaired) electrons. The molecule has 0 fully saturated rings. The van der Waals surface area contributed by atoms with E-state index in [0.717, 1.165) is 33.7 Å². The zero-order valence-electron chi connectivity index (χ0n) is 25.4. The molecule has 0 aliphatic heterocycles. The summed E-state index contributed by atoms with van der Waals surface area (Å²) in [7, 11) is 0. The summed E-state index contributed by atoms with van der Waals surface area (Å²) in [5.74, 6) is 0.625. The molecular weight excluding hydrogens is 593 g/mol. The van der Waals surface area contributed by atoms with Gasteiger partial charge in [0, 0.05) is 42.8 Å². The van der Waals surface area contributed by atoms with Gasteiger partial charge in [0.2, 0.25) is 5.89 Å². The number of oxazole rings is 1. The monoisotopic (exact) mass is 620 g/mol. The van der Waals surface area contributed by atoms with Crippen LogP contribution in [-0.2, 0) is 0 Å². The Hall–Kier alpha value is -5.97. The van der Waals surface area contributed by atoms with Gasteiger partial charge in [-0.05, 0) is 89.0 Å². The van der Waals surface area contributed by atoms with Crippen LogP contribution in [0.4, 0.5) is 17.1 Å². The number of nitrogens with zero attached hydrogens (tertiary/aromatic N) is 2. The number of aromatic nitrogens is 1. The van der Waals surface area contributed by atoms with Crippen LogP contribution < -0.4 is 4.90 Å².